The summed E-state index contributed by atoms with van der Waals surface area (Å²) in [6, 6.07) is 8.82. The van der Waals surface area contributed by atoms with Crippen LogP contribution in [0.2, 0.25) is 0 Å². The lowest BCUT2D eigenvalue weighted by Crippen LogP contribution is -2.41. The van der Waals surface area contributed by atoms with E-state index in [-0.39, 0.29) is 0 Å². The predicted octanol–water partition coefficient (Wildman–Crippen LogP) is 3.55. The second-order valence-corrected chi connectivity index (χ2v) is 6.66. The van der Waals surface area contributed by atoms with E-state index < -0.39 is 0 Å². The Labute approximate surface area is 129 Å². The fourth-order valence-corrected chi connectivity index (χ4v) is 3.39. The first kappa shape index (κ1) is 16.3. The summed E-state index contributed by atoms with van der Waals surface area (Å²) in [4.78, 5) is 2.63. The summed E-state index contributed by atoms with van der Waals surface area (Å²) in [6.45, 7) is 10.2. The summed E-state index contributed by atoms with van der Waals surface area (Å²) in [6.07, 6.45) is 3.70. The van der Waals surface area contributed by atoms with Crippen molar-refractivity contribution in [2.75, 3.05) is 19.6 Å². The van der Waals surface area contributed by atoms with Gasteiger partial charge in [-0.05, 0) is 49.4 Å². The zero-order valence-electron chi connectivity index (χ0n) is 13.7. The lowest BCUT2D eigenvalue weighted by Gasteiger charge is -2.35. The van der Waals surface area contributed by atoms with Crippen LogP contribution in [0.25, 0.3) is 0 Å². The lowest BCUT2D eigenvalue weighted by molar-refractivity contribution is 0.156. The standard InChI is InChI=1S/C18H30N2O/c1-4-18(15-7-9-17(21)10-8-15)20(12-14(2)3)13-16-6-5-11-19-16/h7-10,14,16,18-19,21H,4-6,11-13H2,1-3H3. The molecule has 2 unspecified atom stereocenters. The maximum Gasteiger partial charge on any atom is 0.115 e. The molecule has 1 aliphatic rings. The Balaban J connectivity index is 2.12. The molecule has 0 amide bonds. The van der Waals surface area contributed by atoms with E-state index in [4.69, 9.17) is 0 Å². The van der Waals surface area contributed by atoms with E-state index in [0.29, 0.717) is 23.8 Å². The first-order valence-electron chi connectivity index (χ1n) is 8.36. The highest BCUT2D eigenvalue weighted by Crippen LogP contribution is 2.27. The third-order valence-electron chi connectivity index (χ3n) is 4.32. The number of hydrogen-bond donors (Lipinski definition) is 2. The van der Waals surface area contributed by atoms with Crippen LogP contribution in [0.15, 0.2) is 24.3 Å². The first-order chi connectivity index (χ1) is 10.1. The molecule has 1 aromatic carbocycles. The molecule has 1 aliphatic heterocycles. The van der Waals surface area contributed by atoms with Gasteiger partial charge in [0.25, 0.3) is 0 Å². The fraction of sp³-hybridized carbons (Fsp3) is 0.667. The quantitative estimate of drug-likeness (QED) is 0.806. The summed E-state index contributed by atoms with van der Waals surface area (Å²) >= 11 is 0. The molecule has 0 radical (unpaired) electrons. The predicted molar refractivity (Wildman–Crippen MR) is 88.6 cm³/mol. The summed E-state index contributed by atoms with van der Waals surface area (Å²) < 4.78 is 0. The molecule has 3 heteroatoms. The van der Waals surface area contributed by atoms with Crippen LogP contribution in [0.1, 0.15) is 51.6 Å². The molecule has 1 aromatic rings. The Hall–Kier alpha value is -1.06. The molecule has 2 rings (SSSR count). The number of benzene rings is 1. The highest BCUT2D eigenvalue weighted by Gasteiger charge is 2.24. The van der Waals surface area contributed by atoms with Gasteiger partial charge in [0.15, 0.2) is 0 Å². The van der Waals surface area contributed by atoms with Gasteiger partial charge < -0.3 is 10.4 Å². The zero-order chi connectivity index (χ0) is 15.2. The van der Waals surface area contributed by atoms with Gasteiger partial charge in [-0.1, -0.05) is 32.9 Å². The van der Waals surface area contributed by atoms with E-state index >= 15 is 0 Å². The minimum absolute atomic E-state index is 0.349. The number of aromatic hydroxyl groups is 1. The molecule has 0 bridgehead atoms. The summed E-state index contributed by atoms with van der Waals surface area (Å²) in [5.74, 6) is 1.01. The van der Waals surface area contributed by atoms with Crippen LogP contribution in [0, 0.1) is 5.92 Å². The number of phenols is 1. The highest BCUT2D eigenvalue weighted by molar-refractivity contribution is 5.28. The van der Waals surface area contributed by atoms with E-state index in [9.17, 15) is 5.11 Å². The smallest absolute Gasteiger partial charge is 0.115 e. The van der Waals surface area contributed by atoms with Crippen LogP contribution in [0.5, 0.6) is 5.75 Å². The zero-order valence-corrected chi connectivity index (χ0v) is 13.7. The van der Waals surface area contributed by atoms with Gasteiger partial charge in [0, 0.05) is 25.2 Å². The maximum absolute atomic E-state index is 9.50. The SMILES string of the molecule is CCC(c1ccc(O)cc1)N(CC(C)C)CC1CCCN1. The number of nitrogens with one attached hydrogen (secondary N) is 1. The van der Waals surface area contributed by atoms with Crippen molar-refractivity contribution in [3.8, 4) is 5.75 Å². The molecule has 118 valence electrons. The van der Waals surface area contributed by atoms with Gasteiger partial charge in [0.1, 0.15) is 5.75 Å². The van der Waals surface area contributed by atoms with Crippen molar-refractivity contribution in [1.29, 1.82) is 0 Å². The summed E-state index contributed by atoms with van der Waals surface area (Å²) in [7, 11) is 0. The molecule has 3 nitrogen and oxygen atoms in total. The van der Waals surface area contributed by atoms with Crippen molar-refractivity contribution in [3.05, 3.63) is 29.8 Å². The molecular weight excluding hydrogens is 260 g/mol. The average Bonchev–Trinajstić information content (AvgIpc) is 2.94. The average molecular weight is 290 g/mol. The molecule has 0 aliphatic carbocycles. The maximum atomic E-state index is 9.50. The second kappa shape index (κ2) is 7.81. The number of hydrogen-bond acceptors (Lipinski definition) is 3. The molecule has 0 saturated carbocycles. The number of rotatable bonds is 7. The molecule has 1 fully saturated rings. The Morgan fingerprint density at radius 2 is 2.00 bits per heavy atom. The molecule has 2 N–H and O–H groups in total. The fourth-order valence-electron chi connectivity index (χ4n) is 3.39. The topological polar surface area (TPSA) is 35.5 Å². The molecule has 2 atom stereocenters. The third kappa shape index (κ3) is 4.72. The van der Waals surface area contributed by atoms with Crippen molar-refractivity contribution in [2.24, 2.45) is 5.92 Å². The Bertz CT molecular complexity index is 410. The number of nitrogens with zero attached hydrogens (tertiary/aromatic N) is 1. The molecule has 0 spiro atoms. The van der Waals surface area contributed by atoms with Gasteiger partial charge >= 0.3 is 0 Å². The Morgan fingerprint density at radius 1 is 1.29 bits per heavy atom. The molecule has 1 saturated heterocycles. The van der Waals surface area contributed by atoms with Crippen LogP contribution in [-0.4, -0.2) is 35.7 Å². The van der Waals surface area contributed by atoms with Crippen molar-refractivity contribution in [1.82, 2.24) is 10.2 Å². The van der Waals surface area contributed by atoms with Crippen molar-refractivity contribution >= 4 is 0 Å². The van der Waals surface area contributed by atoms with Gasteiger partial charge in [-0.2, -0.15) is 0 Å². The van der Waals surface area contributed by atoms with Gasteiger partial charge in [-0.15, -0.1) is 0 Å². The van der Waals surface area contributed by atoms with Crippen molar-refractivity contribution in [2.45, 2.75) is 52.1 Å². The van der Waals surface area contributed by atoms with Crippen molar-refractivity contribution < 1.29 is 5.11 Å². The number of phenolic OH excluding ortho intramolecular Hbond substituents is 1. The monoisotopic (exact) mass is 290 g/mol. The molecule has 1 heterocycles. The van der Waals surface area contributed by atoms with E-state index in [1.807, 2.05) is 0 Å². The van der Waals surface area contributed by atoms with Gasteiger partial charge in [0.2, 0.25) is 0 Å². The summed E-state index contributed by atoms with van der Waals surface area (Å²) in [5.41, 5.74) is 1.31. The van der Waals surface area contributed by atoms with Crippen LogP contribution >= 0.6 is 0 Å². The highest BCUT2D eigenvalue weighted by atomic mass is 16.3. The molecular formula is C18H30N2O. The largest absolute Gasteiger partial charge is 0.508 e. The van der Waals surface area contributed by atoms with Crippen LogP contribution in [0.4, 0.5) is 0 Å². The Morgan fingerprint density at radius 3 is 2.52 bits per heavy atom. The van der Waals surface area contributed by atoms with E-state index in [2.05, 4.69) is 43.1 Å². The van der Waals surface area contributed by atoms with E-state index in [0.717, 1.165) is 26.1 Å². The summed E-state index contributed by atoms with van der Waals surface area (Å²) in [5, 5.41) is 13.1. The van der Waals surface area contributed by atoms with E-state index in [1.54, 1.807) is 12.1 Å². The normalized spacial score (nSPS) is 20.3. The lowest BCUT2D eigenvalue weighted by atomic mass is 10.00. The van der Waals surface area contributed by atoms with Gasteiger partial charge in [-0.25, -0.2) is 0 Å². The minimum atomic E-state index is 0.349. The molecule has 0 aromatic heterocycles. The van der Waals surface area contributed by atoms with Crippen LogP contribution in [0.3, 0.4) is 0 Å². The van der Waals surface area contributed by atoms with Crippen molar-refractivity contribution in [3.63, 3.8) is 0 Å². The Kier molecular flexibility index (Phi) is 6.07. The van der Waals surface area contributed by atoms with Crippen LogP contribution in [-0.2, 0) is 0 Å². The minimum Gasteiger partial charge on any atom is -0.508 e. The molecule has 21 heavy (non-hydrogen) atoms. The van der Waals surface area contributed by atoms with Gasteiger partial charge in [0.05, 0.1) is 0 Å². The van der Waals surface area contributed by atoms with E-state index in [1.165, 1.54) is 18.4 Å². The van der Waals surface area contributed by atoms with Crippen LogP contribution < -0.4 is 5.32 Å². The second-order valence-electron chi connectivity index (χ2n) is 6.66. The van der Waals surface area contributed by atoms with Gasteiger partial charge in [-0.3, -0.25) is 4.90 Å². The first-order valence-corrected chi connectivity index (χ1v) is 8.36. The third-order valence-corrected chi connectivity index (χ3v) is 4.32.